The fraction of sp³-hybridized carbons (Fsp3) is 0.625. The zero-order chi connectivity index (χ0) is 13.5. The molecular formula is C16H23NO2. The third kappa shape index (κ3) is 2.15. The molecule has 0 amide bonds. The van der Waals surface area contributed by atoms with Gasteiger partial charge in [-0.05, 0) is 32.3 Å². The molecule has 2 N–H and O–H groups in total. The second-order valence-electron chi connectivity index (χ2n) is 5.99. The molecular weight excluding hydrogens is 238 g/mol. The molecule has 104 valence electrons. The summed E-state index contributed by atoms with van der Waals surface area (Å²) in [5.74, 6) is 0.952. The van der Waals surface area contributed by atoms with E-state index in [9.17, 15) is 0 Å². The molecule has 0 aromatic heterocycles. The third-order valence-corrected chi connectivity index (χ3v) is 4.63. The molecule has 3 atom stereocenters. The molecule has 3 rings (SSSR count). The zero-order valence-electron chi connectivity index (χ0n) is 11.8. The van der Waals surface area contributed by atoms with Crippen molar-refractivity contribution in [2.24, 2.45) is 5.73 Å². The molecule has 3 heteroatoms. The van der Waals surface area contributed by atoms with Crippen LogP contribution in [0.4, 0.5) is 0 Å². The van der Waals surface area contributed by atoms with E-state index in [0.717, 1.165) is 30.6 Å². The average molecular weight is 261 g/mol. The van der Waals surface area contributed by atoms with E-state index < -0.39 is 0 Å². The van der Waals surface area contributed by atoms with Crippen LogP contribution < -0.4 is 10.5 Å². The molecule has 19 heavy (non-hydrogen) atoms. The van der Waals surface area contributed by atoms with Crippen molar-refractivity contribution in [1.29, 1.82) is 0 Å². The minimum atomic E-state index is -0.214. The first-order chi connectivity index (χ1) is 9.14. The molecule has 1 aromatic carbocycles. The lowest BCUT2D eigenvalue weighted by Gasteiger charge is -2.47. The molecule has 1 aromatic rings. The molecule has 1 aliphatic heterocycles. The van der Waals surface area contributed by atoms with Crippen LogP contribution in [0.25, 0.3) is 0 Å². The standard InChI is InChI=1S/C16H23NO2/c1-11-6-7-14-12(9-11)13(17)10-16(19-14)8-4-3-5-15(16)18-2/h6-7,9,13,15H,3-5,8,10,17H2,1-2H3/t13-,15?,16?/m0/s1. The van der Waals surface area contributed by atoms with Gasteiger partial charge in [-0.1, -0.05) is 24.1 Å². The lowest BCUT2D eigenvalue weighted by molar-refractivity contribution is -0.114. The Morgan fingerprint density at radius 2 is 2.21 bits per heavy atom. The Morgan fingerprint density at radius 3 is 3.00 bits per heavy atom. The molecule has 2 aliphatic rings. The monoisotopic (exact) mass is 261 g/mol. The van der Waals surface area contributed by atoms with Crippen LogP contribution >= 0.6 is 0 Å². The quantitative estimate of drug-likeness (QED) is 0.844. The molecule has 1 fully saturated rings. The van der Waals surface area contributed by atoms with Gasteiger partial charge in [-0.25, -0.2) is 0 Å². The Morgan fingerprint density at radius 1 is 1.37 bits per heavy atom. The third-order valence-electron chi connectivity index (χ3n) is 4.63. The number of hydrogen-bond acceptors (Lipinski definition) is 3. The van der Waals surface area contributed by atoms with E-state index in [1.807, 2.05) is 0 Å². The fourth-order valence-electron chi connectivity index (χ4n) is 3.65. The smallest absolute Gasteiger partial charge is 0.137 e. The van der Waals surface area contributed by atoms with Crippen LogP contribution in [0.15, 0.2) is 18.2 Å². The van der Waals surface area contributed by atoms with Crippen molar-refractivity contribution in [1.82, 2.24) is 0 Å². The molecule has 0 saturated heterocycles. The van der Waals surface area contributed by atoms with Gasteiger partial charge in [-0.15, -0.1) is 0 Å². The lowest BCUT2D eigenvalue weighted by Crippen LogP contribution is -2.54. The van der Waals surface area contributed by atoms with E-state index >= 15 is 0 Å². The number of methoxy groups -OCH3 is 1. The maximum Gasteiger partial charge on any atom is 0.137 e. The summed E-state index contributed by atoms with van der Waals surface area (Å²) in [5, 5.41) is 0. The first kappa shape index (κ1) is 12.9. The fourth-order valence-corrected chi connectivity index (χ4v) is 3.65. The van der Waals surface area contributed by atoms with Crippen molar-refractivity contribution < 1.29 is 9.47 Å². The summed E-state index contributed by atoms with van der Waals surface area (Å²) in [4.78, 5) is 0. The highest BCUT2D eigenvalue weighted by Crippen LogP contribution is 2.46. The zero-order valence-corrected chi connectivity index (χ0v) is 11.8. The van der Waals surface area contributed by atoms with Crippen molar-refractivity contribution in [3.05, 3.63) is 29.3 Å². The van der Waals surface area contributed by atoms with Crippen LogP contribution in [-0.2, 0) is 4.74 Å². The summed E-state index contributed by atoms with van der Waals surface area (Å²) >= 11 is 0. The largest absolute Gasteiger partial charge is 0.484 e. The normalized spacial score (nSPS) is 33.8. The molecule has 3 nitrogen and oxygen atoms in total. The molecule has 1 saturated carbocycles. The Labute approximate surface area is 115 Å². The van der Waals surface area contributed by atoms with E-state index in [0.29, 0.717) is 0 Å². The van der Waals surface area contributed by atoms with Gasteiger partial charge >= 0.3 is 0 Å². The summed E-state index contributed by atoms with van der Waals surface area (Å²) in [6.07, 6.45) is 5.58. The van der Waals surface area contributed by atoms with E-state index in [4.69, 9.17) is 15.2 Å². The second kappa shape index (κ2) is 4.80. The highest BCUT2D eigenvalue weighted by atomic mass is 16.5. The van der Waals surface area contributed by atoms with Crippen molar-refractivity contribution in [3.63, 3.8) is 0 Å². The maximum absolute atomic E-state index is 6.40. The van der Waals surface area contributed by atoms with E-state index in [-0.39, 0.29) is 17.7 Å². The molecule has 1 spiro atoms. The van der Waals surface area contributed by atoms with E-state index in [1.54, 1.807) is 7.11 Å². The second-order valence-corrected chi connectivity index (χ2v) is 5.99. The highest BCUT2D eigenvalue weighted by molar-refractivity contribution is 5.41. The van der Waals surface area contributed by atoms with Gasteiger partial charge in [0.15, 0.2) is 0 Å². The SMILES string of the molecule is COC1CCCCC12C[C@H](N)c1cc(C)ccc1O2. The van der Waals surface area contributed by atoms with E-state index in [1.165, 1.54) is 18.4 Å². The van der Waals surface area contributed by atoms with Gasteiger partial charge < -0.3 is 15.2 Å². The minimum Gasteiger partial charge on any atom is -0.484 e. The summed E-state index contributed by atoms with van der Waals surface area (Å²) in [6.45, 7) is 2.09. The van der Waals surface area contributed by atoms with Crippen molar-refractivity contribution in [2.45, 2.75) is 56.8 Å². The maximum atomic E-state index is 6.40. The number of nitrogens with two attached hydrogens (primary N) is 1. The number of benzene rings is 1. The van der Waals surface area contributed by atoms with Crippen LogP contribution in [0.2, 0.25) is 0 Å². The van der Waals surface area contributed by atoms with Crippen LogP contribution in [0.3, 0.4) is 0 Å². The average Bonchev–Trinajstić information content (AvgIpc) is 2.40. The molecule has 1 aliphatic carbocycles. The number of hydrogen-bond donors (Lipinski definition) is 1. The Hall–Kier alpha value is -1.06. The van der Waals surface area contributed by atoms with Gasteiger partial charge in [0.1, 0.15) is 11.4 Å². The van der Waals surface area contributed by atoms with Gasteiger partial charge in [0.05, 0.1) is 6.10 Å². The summed E-state index contributed by atoms with van der Waals surface area (Å²) in [7, 11) is 1.79. The number of fused-ring (bicyclic) bond motifs is 1. The van der Waals surface area contributed by atoms with Crippen LogP contribution in [-0.4, -0.2) is 18.8 Å². The number of aryl methyl sites for hydroxylation is 1. The van der Waals surface area contributed by atoms with Crippen LogP contribution in [0.1, 0.15) is 49.3 Å². The predicted molar refractivity (Wildman–Crippen MR) is 75.3 cm³/mol. The lowest BCUT2D eigenvalue weighted by atomic mass is 9.75. The van der Waals surface area contributed by atoms with E-state index in [2.05, 4.69) is 25.1 Å². The van der Waals surface area contributed by atoms with Crippen molar-refractivity contribution in [3.8, 4) is 5.75 Å². The Balaban J connectivity index is 1.97. The van der Waals surface area contributed by atoms with Crippen LogP contribution in [0.5, 0.6) is 5.75 Å². The van der Waals surface area contributed by atoms with Crippen molar-refractivity contribution in [2.75, 3.05) is 7.11 Å². The van der Waals surface area contributed by atoms with Crippen LogP contribution in [0, 0.1) is 6.92 Å². The predicted octanol–water partition coefficient (Wildman–Crippen LogP) is 3.11. The Kier molecular flexibility index (Phi) is 3.27. The topological polar surface area (TPSA) is 44.5 Å². The number of rotatable bonds is 1. The van der Waals surface area contributed by atoms with Gasteiger partial charge in [0.25, 0.3) is 0 Å². The highest BCUT2D eigenvalue weighted by Gasteiger charge is 2.47. The molecule has 1 heterocycles. The molecule has 0 radical (unpaired) electrons. The summed E-state index contributed by atoms with van der Waals surface area (Å²) < 4.78 is 12.1. The van der Waals surface area contributed by atoms with Gasteiger partial charge in [-0.2, -0.15) is 0 Å². The summed E-state index contributed by atoms with van der Waals surface area (Å²) in [6, 6.07) is 6.36. The first-order valence-corrected chi connectivity index (χ1v) is 7.22. The van der Waals surface area contributed by atoms with Gasteiger partial charge in [0.2, 0.25) is 0 Å². The molecule has 0 bridgehead atoms. The van der Waals surface area contributed by atoms with Gasteiger partial charge in [0, 0.05) is 25.1 Å². The van der Waals surface area contributed by atoms with Crippen molar-refractivity contribution >= 4 is 0 Å². The summed E-state index contributed by atoms with van der Waals surface area (Å²) in [5.41, 5.74) is 8.57. The first-order valence-electron chi connectivity index (χ1n) is 7.22. The molecule has 2 unspecified atom stereocenters. The van der Waals surface area contributed by atoms with Gasteiger partial charge in [-0.3, -0.25) is 0 Å². The minimum absolute atomic E-state index is 0.0550. The number of ether oxygens (including phenoxy) is 2. The Bertz CT molecular complexity index is 474.